The average molecular weight is 366 g/mol. The number of nitrogens with zero attached hydrogens (tertiary/aromatic N) is 2. The lowest BCUT2D eigenvalue weighted by Crippen LogP contribution is -2.38. The molecule has 0 N–H and O–H groups in total. The molecule has 0 spiro atoms. The Morgan fingerprint density at radius 3 is 2.62 bits per heavy atom. The quantitative estimate of drug-likeness (QED) is 0.591. The van der Waals surface area contributed by atoms with Crippen molar-refractivity contribution in [1.82, 2.24) is 9.80 Å². The van der Waals surface area contributed by atoms with E-state index in [2.05, 4.69) is 4.90 Å². The third kappa shape index (κ3) is 4.42. The van der Waals surface area contributed by atoms with Gasteiger partial charge in [-0.3, -0.25) is 14.6 Å². The van der Waals surface area contributed by atoms with E-state index >= 15 is 0 Å². The number of ether oxygens (including phenoxy) is 1. The minimum absolute atomic E-state index is 0.0590. The van der Waals surface area contributed by atoms with E-state index in [1.54, 1.807) is 23.1 Å². The Labute approximate surface area is 150 Å². The molecule has 4 nitrogen and oxygen atoms in total. The van der Waals surface area contributed by atoms with E-state index in [-0.39, 0.29) is 11.7 Å². The number of carbonyl (C=O) groups excluding carboxylic acids is 1. The number of rotatable bonds is 5. The maximum atomic E-state index is 13.0. The molecule has 0 saturated carbocycles. The minimum atomic E-state index is -0.289. The zero-order chi connectivity index (χ0) is 16.9. The maximum Gasteiger partial charge on any atom is 0.266 e. The van der Waals surface area contributed by atoms with E-state index < -0.39 is 0 Å². The summed E-state index contributed by atoms with van der Waals surface area (Å²) in [4.78, 5) is 17.1. The van der Waals surface area contributed by atoms with Crippen LogP contribution in [0.4, 0.5) is 4.39 Å². The zero-order valence-electron chi connectivity index (χ0n) is 13.2. The first-order valence-corrected chi connectivity index (χ1v) is 9.17. The highest BCUT2D eigenvalue weighted by Gasteiger charge is 2.31. The molecule has 7 heteroatoms. The zero-order valence-corrected chi connectivity index (χ0v) is 14.9. The molecular formula is C17H19FN2O2S2. The fourth-order valence-electron chi connectivity index (χ4n) is 2.68. The van der Waals surface area contributed by atoms with Crippen LogP contribution in [-0.4, -0.2) is 59.4 Å². The van der Waals surface area contributed by atoms with Crippen LogP contribution in [0.5, 0.6) is 0 Å². The van der Waals surface area contributed by atoms with Gasteiger partial charge in [-0.25, -0.2) is 4.39 Å². The number of carbonyl (C=O) groups is 1. The molecule has 2 aliphatic heterocycles. The summed E-state index contributed by atoms with van der Waals surface area (Å²) in [5, 5.41) is 0. The highest BCUT2D eigenvalue weighted by atomic mass is 32.2. The molecule has 0 aromatic heterocycles. The number of hydrogen-bond donors (Lipinski definition) is 0. The van der Waals surface area contributed by atoms with Gasteiger partial charge < -0.3 is 4.74 Å². The molecule has 1 aromatic carbocycles. The van der Waals surface area contributed by atoms with Crippen molar-refractivity contribution < 1.29 is 13.9 Å². The van der Waals surface area contributed by atoms with Crippen LogP contribution in [0, 0.1) is 5.82 Å². The summed E-state index contributed by atoms with van der Waals surface area (Å²) in [7, 11) is 0. The summed E-state index contributed by atoms with van der Waals surface area (Å²) < 4.78 is 18.9. The van der Waals surface area contributed by atoms with Crippen LogP contribution in [0.25, 0.3) is 6.08 Å². The van der Waals surface area contributed by atoms with Crippen LogP contribution in [0.15, 0.2) is 29.2 Å². The molecule has 2 saturated heterocycles. The fraction of sp³-hybridized carbons (Fsp3) is 0.412. The van der Waals surface area contributed by atoms with Gasteiger partial charge in [0.25, 0.3) is 5.91 Å². The number of thioether (sulfide) groups is 1. The van der Waals surface area contributed by atoms with E-state index in [9.17, 15) is 9.18 Å². The van der Waals surface area contributed by atoms with E-state index in [1.807, 2.05) is 0 Å². The number of halogens is 1. The Kier molecular flexibility index (Phi) is 5.99. The van der Waals surface area contributed by atoms with Crippen LogP contribution < -0.4 is 0 Å². The molecule has 1 amide bonds. The van der Waals surface area contributed by atoms with Crippen molar-refractivity contribution >= 4 is 40.3 Å². The summed E-state index contributed by atoms with van der Waals surface area (Å²) in [6, 6.07) is 6.07. The first kappa shape index (κ1) is 17.5. The van der Waals surface area contributed by atoms with E-state index in [4.69, 9.17) is 17.0 Å². The number of thiocarbonyl (C=S) groups is 1. The lowest BCUT2D eigenvalue weighted by Gasteiger charge is -2.27. The monoisotopic (exact) mass is 366 g/mol. The second-order valence-electron chi connectivity index (χ2n) is 5.69. The molecular weight excluding hydrogens is 347 g/mol. The molecule has 24 heavy (non-hydrogen) atoms. The van der Waals surface area contributed by atoms with Crippen molar-refractivity contribution in [1.29, 1.82) is 0 Å². The summed E-state index contributed by atoms with van der Waals surface area (Å²) in [6.45, 7) is 5.02. The maximum absolute atomic E-state index is 13.0. The summed E-state index contributed by atoms with van der Waals surface area (Å²) in [6.07, 6.45) is 2.65. The lowest BCUT2D eigenvalue weighted by molar-refractivity contribution is -0.122. The van der Waals surface area contributed by atoms with Crippen LogP contribution in [0.3, 0.4) is 0 Å². The normalized spacial score (nSPS) is 21.0. The molecule has 0 aliphatic carbocycles. The lowest BCUT2D eigenvalue weighted by atomic mass is 10.2. The van der Waals surface area contributed by atoms with Crippen molar-refractivity contribution in [3.8, 4) is 0 Å². The van der Waals surface area contributed by atoms with E-state index in [1.165, 1.54) is 23.9 Å². The second kappa shape index (κ2) is 8.20. The third-order valence-corrected chi connectivity index (χ3v) is 5.38. The molecule has 0 unspecified atom stereocenters. The van der Waals surface area contributed by atoms with Crippen LogP contribution >= 0.6 is 24.0 Å². The van der Waals surface area contributed by atoms with Crippen LogP contribution in [-0.2, 0) is 9.53 Å². The first-order valence-electron chi connectivity index (χ1n) is 7.94. The second-order valence-corrected chi connectivity index (χ2v) is 7.37. The van der Waals surface area contributed by atoms with Gasteiger partial charge in [-0.15, -0.1) is 0 Å². The number of amides is 1. The number of hydrogen-bond acceptors (Lipinski definition) is 5. The van der Waals surface area contributed by atoms with Crippen molar-refractivity contribution in [2.75, 3.05) is 39.4 Å². The Balaban J connectivity index is 1.56. The van der Waals surface area contributed by atoms with Gasteiger partial charge in [0.15, 0.2) is 0 Å². The smallest absolute Gasteiger partial charge is 0.266 e. The van der Waals surface area contributed by atoms with Crippen molar-refractivity contribution in [2.24, 2.45) is 0 Å². The largest absolute Gasteiger partial charge is 0.379 e. The number of benzene rings is 1. The first-order chi connectivity index (χ1) is 11.6. The van der Waals surface area contributed by atoms with Gasteiger partial charge in [-0.2, -0.15) is 0 Å². The molecule has 0 radical (unpaired) electrons. The molecule has 2 heterocycles. The Morgan fingerprint density at radius 1 is 1.21 bits per heavy atom. The summed E-state index contributed by atoms with van der Waals surface area (Å²) in [5.41, 5.74) is 0.796. The minimum Gasteiger partial charge on any atom is -0.379 e. The molecule has 0 atom stereocenters. The van der Waals surface area contributed by atoms with Crippen molar-refractivity contribution in [3.05, 3.63) is 40.6 Å². The van der Waals surface area contributed by atoms with Crippen molar-refractivity contribution in [2.45, 2.75) is 6.42 Å². The predicted molar refractivity (Wildman–Crippen MR) is 98.2 cm³/mol. The topological polar surface area (TPSA) is 32.8 Å². The molecule has 128 valence electrons. The van der Waals surface area contributed by atoms with Gasteiger partial charge in [0.1, 0.15) is 10.1 Å². The Bertz CT molecular complexity index is 642. The van der Waals surface area contributed by atoms with Gasteiger partial charge in [-0.1, -0.05) is 36.1 Å². The van der Waals surface area contributed by atoms with Gasteiger partial charge >= 0.3 is 0 Å². The molecule has 2 aliphatic rings. The predicted octanol–water partition coefficient (Wildman–Crippen LogP) is 2.75. The third-order valence-electron chi connectivity index (χ3n) is 4.00. The van der Waals surface area contributed by atoms with Crippen LogP contribution in [0.1, 0.15) is 12.0 Å². The number of morpholine rings is 1. The van der Waals surface area contributed by atoms with Gasteiger partial charge in [0.2, 0.25) is 0 Å². The van der Waals surface area contributed by atoms with Gasteiger partial charge in [0.05, 0.1) is 18.1 Å². The molecule has 1 aromatic rings. The van der Waals surface area contributed by atoms with Crippen LogP contribution in [0.2, 0.25) is 0 Å². The molecule has 3 rings (SSSR count). The van der Waals surface area contributed by atoms with E-state index in [0.29, 0.717) is 15.8 Å². The average Bonchev–Trinajstić information content (AvgIpc) is 2.85. The summed E-state index contributed by atoms with van der Waals surface area (Å²) >= 11 is 6.64. The Morgan fingerprint density at radius 2 is 1.92 bits per heavy atom. The van der Waals surface area contributed by atoms with E-state index in [0.717, 1.165) is 44.8 Å². The standard InChI is InChI=1S/C17H19FN2O2S2/c18-14-4-2-13(3-5-14)12-15-16(21)20(17(23)24-15)7-1-6-19-8-10-22-11-9-19/h2-5,12H,1,6-11H2/b15-12-. The van der Waals surface area contributed by atoms with Crippen molar-refractivity contribution in [3.63, 3.8) is 0 Å². The van der Waals surface area contributed by atoms with Gasteiger partial charge in [-0.05, 0) is 30.2 Å². The molecule has 0 bridgehead atoms. The highest BCUT2D eigenvalue weighted by molar-refractivity contribution is 8.26. The SMILES string of the molecule is O=C1/C(=C/c2ccc(F)cc2)SC(=S)N1CCCN1CCOCC1. The highest BCUT2D eigenvalue weighted by Crippen LogP contribution is 2.32. The molecule has 2 fully saturated rings. The summed E-state index contributed by atoms with van der Waals surface area (Å²) in [5.74, 6) is -0.348. The Hall–Kier alpha value is -1.28. The van der Waals surface area contributed by atoms with Gasteiger partial charge in [0, 0.05) is 26.2 Å². The fourth-order valence-corrected chi connectivity index (χ4v) is 3.99.